The second-order valence-electron chi connectivity index (χ2n) is 2.86. The van der Waals surface area contributed by atoms with E-state index in [-0.39, 0.29) is 21.1 Å². The monoisotopic (exact) mass is 433 g/mol. The topological polar surface area (TPSA) is 153 Å². The number of nitrogens with one attached hydrogen (secondary N) is 1. The molecule has 0 aromatic rings. The van der Waals surface area contributed by atoms with Gasteiger partial charge in [-0.1, -0.05) is 0 Å². The van der Waals surface area contributed by atoms with E-state index in [1.54, 1.807) is 0 Å². The molecule has 1 heterocycles. The van der Waals surface area contributed by atoms with Crippen LogP contribution in [0.15, 0.2) is 0 Å². The molecule has 8 nitrogen and oxygen atoms in total. The number of carboxylic acid groups (broad SMARTS) is 2. The SMILES string of the molecule is NC1CCNC1.O=C(O)CO.O=C(O)CO.[Pt]. The van der Waals surface area contributed by atoms with Gasteiger partial charge in [-0.25, -0.2) is 9.59 Å². The van der Waals surface area contributed by atoms with Crippen LogP contribution in [0.4, 0.5) is 0 Å². The van der Waals surface area contributed by atoms with E-state index in [2.05, 4.69) is 5.32 Å². The van der Waals surface area contributed by atoms with Crippen LogP contribution in [0.1, 0.15) is 6.42 Å². The molecule has 0 amide bonds. The molecule has 0 saturated carbocycles. The molecular weight excluding hydrogens is 415 g/mol. The summed E-state index contributed by atoms with van der Waals surface area (Å²) in [6.45, 7) is 0.571. The largest absolute Gasteiger partial charge is 0.480 e. The van der Waals surface area contributed by atoms with E-state index < -0.39 is 25.2 Å². The summed E-state index contributed by atoms with van der Waals surface area (Å²) >= 11 is 0. The molecule has 0 aliphatic carbocycles. The molecule has 0 radical (unpaired) electrons. The zero-order valence-corrected chi connectivity index (χ0v) is 11.4. The third-order valence-corrected chi connectivity index (χ3v) is 1.37. The number of hydrogen-bond acceptors (Lipinski definition) is 6. The molecule has 9 heteroatoms. The van der Waals surface area contributed by atoms with Gasteiger partial charge in [0.05, 0.1) is 0 Å². The van der Waals surface area contributed by atoms with E-state index in [0.29, 0.717) is 6.04 Å². The summed E-state index contributed by atoms with van der Waals surface area (Å²) in [4.78, 5) is 18.2. The van der Waals surface area contributed by atoms with Crippen molar-refractivity contribution in [1.82, 2.24) is 5.32 Å². The van der Waals surface area contributed by atoms with E-state index >= 15 is 0 Å². The fourth-order valence-corrected chi connectivity index (χ4v) is 0.677. The molecular formula is C8H18N2O6Pt. The number of aliphatic hydroxyl groups excluding tert-OH is 2. The summed E-state index contributed by atoms with van der Waals surface area (Å²) in [7, 11) is 0. The molecule has 0 aromatic carbocycles. The molecule has 106 valence electrons. The van der Waals surface area contributed by atoms with Crippen LogP contribution in [0.5, 0.6) is 0 Å². The van der Waals surface area contributed by atoms with Crippen molar-refractivity contribution in [2.24, 2.45) is 5.73 Å². The van der Waals surface area contributed by atoms with Crippen LogP contribution in [0.3, 0.4) is 0 Å². The molecule has 1 rings (SSSR count). The predicted octanol–water partition coefficient (Wildman–Crippen LogP) is -2.57. The van der Waals surface area contributed by atoms with E-state index in [4.69, 9.17) is 35.7 Å². The van der Waals surface area contributed by atoms with Crippen molar-refractivity contribution in [3.05, 3.63) is 0 Å². The van der Waals surface area contributed by atoms with Gasteiger partial charge in [0.1, 0.15) is 13.2 Å². The summed E-state index contributed by atoms with van der Waals surface area (Å²) in [5.41, 5.74) is 5.47. The van der Waals surface area contributed by atoms with Crippen molar-refractivity contribution in [2.45, 2.75) is 12.5 Å². The van der Waals surface area contributed by atoms with Gasteiger partial charge in [-0.2, -0.15) is 0 Å². The number of aliphatic hydroxyl groups is 2. The summed E-state index contributed by atoms with van der Waals surface area (Å²) in [5, 5.41) is 33.2. The van der Waals surface area contributed by atoms with Crippen LogP contribution in [-0.4, -0.2) is 64.7 Å². The Balaban J connectivity index is -0.000000170. The molecule has 0 aromatic heterocycles. The van der Waals surface area contributed by atoms with E-state index in [1.807, 2.05) is 0 Å². The molecule has 0 bridgehead atoms. The maximum absolute atomic E-state index is 9.12. The summed E-state index contributed by atoms with van der Waals surface area (Å²) in [6.07, 6.45) is 1.15. The number of hydrogen-bond donors (Lipinski definition) is 6. The third-order valence-electron chi connectivity index (χ3n) is 1.37. The Morgan fingerprint density at radius 3 is 1.59 bits per heavy atom. The van der Waals surface area contributed by atoms with Crippen molar-refractivity contribution in [1.29, 1.82) is 0 Å². The number of aliphatic carboxylic acids is 2. The average molecular weight is 433 g/mol. The first kappa shape index (κ1) is 21.7. The van der Waals surface area contributed by atoms with Gasteiger partial charge in [0.15, 0.2) is 0 Å². The molecule has 17 heavy (non-hydrogen) atoms. The van der Waals surface area contributed by atoms with Gasteiger partial charge in [-0.15, -0.1) is 0 Å². The smallest absolute Gasteiger partial charge is 0.329 e. The zero-order valence-electron chi connectivity index (χ0n) is 9.11. The van der Waals surface area contributed by atoms with Gasteiger partial charge in [0, 0.05) is 33.7 Å². The quantitative estimate of drug-likeness (QED) is 0.278. The van der Waals surface area contributed by atoms with Gasteiger partial charge < -0.3 is 31.5 Å². The minimum atomic E-state index is -1.19. The third kappa shape index (κ3) is 25.6. The second-order valence-corrected chi connectivity index (χ2v) is 2.86. The number of carbonyl (C=O) groups is 2. The standard InChI is InChI=1S/C4H10N2.2C2H4O3.Pt/c5-4-1-2-6-3-4;2*3-1-2(4)5;/h4,6H,1-3,5H2;2*3H,1H2,(H,4,5);. The fraction of sp³-hybridized carbons (Fsp3) is 0.750. The van der Waals surface area contributed by atoms with Gasteiger partial charge >= 0.3 is 11.9 Å². The summed E-state index contributed by atoms with van der Waals surface area (Å²) in [6, 6.07) is 0.435. The Morgan fingerprint density at radius 2 is 1.53 bits per heavy atom. The van der Waals surface area contributed by atoms with Gasteiger partial charge in [-0.3, -0.25) is 0 Å². The van der Waals surface area contributed by atoms with Gasteiger partial charge in [0.25, 0.3) is 0 Å². The van der Waals surface area contributed by atoms with Crippen LogP contribution < -0.4 is 11.1 Å². The number of carboxylic acids is 2. The zero-order chi connectivity index (χ0) is 13.0. The molecule has 1 atom stereocenters. The fourth-order valence-electron chi connectivity index (χ4n) is 0.677. The Bertz CT molecular complexity index is 184. The molecule has 7 N–H and O–H groups in total. The summed E-state index contributed by atoms with van der Waals surface area (Å²) in [5.74, 6) is -2.38. The molecule has 1 fully saturated rings. The predicted molar refractivity (Wildman–Crippen MR) is 54.9 cm³/mol. The molecule has 0 spiro atoms. The van der Waals surface area contributed by atoms with Crippen molar-refractivity contribution in [3.8, 4) is 0 Å². The van der Waals surface area contributed by atoms with Crippen LogP contribution >= 0.6 is 0 Å². The Labute approximate surface area is 113 Å². The van der Waals surface area contributed by atoms with E-state index in [1.165, 1.54) is 0 Å². The van der Waals surface area contributed by atoms with Crippen LogP contribution in [0.2, 0.25) is 0 Å². The molecule has 1 saturated heterocycles. The maximum atomic E-state index is 9.12. The first-order valence-electron chi connectivity index (χ1n) is 4.55. The minimum Gasteiger partial charge on any atom is -0.480 e. The van der Waals surface area contributed by atoms with Crippen LogP contribution in [0.25, 0.3) is 0 Å². The molecule has 1 aliphatic rings. The van der Waals surface area contributed by atoms with Crippen LogP contribution in [-0.2, 0) is 30.7 Å². The molecule has 1 aliphatic heterocycles. The van der Waals surface area contributed by atoms with Crippen molar-refractivity contribution in [2.75, 3.05) is 26.3 Å². The maximum Gasteiger partial charge on any atom is 0.329 e. The first-order chi connectivity index (χ1) is 7.43. The van der Waals surface area contributed by atoms with Crippen molar-refractivity contribution < 1.29 is 51.1 Å². The van der Waals surface area contributed by atoms with E-state index in [9.17, 15) is 0 Å². The van der Waals surface area contributed by atoms with E-state index in [0.717, 1.165) is 19.5 Å². The summed E-state index contributed by atoms with van der Waals surface area (Å²) < 4.78 is 0. The Hall–Kier alpha value is -0.532. The van der Waals surface area contributed by atoms with Crippen molar-refractivity contribution >= 4 is 11.9 Å². The second kappa shape index (κ2) is 15.5. The first-order valence-corrected chi connectivity index (χ1v) is 4.55. The minimum absolute atomic E-state index is 0. The van der Waals surface area contributed by atoms with Crippen LogP contribution in [0, 0.1) is 0 Å². The Morgan fingerprint density at radius 1 is 1.18 bits per heavy atom. The number of rotatable bonds is 2. The van der Waals surface area contributed by atoms with Gasteiger partial charge in [-0.05, 0) is 13.0 Å². The molecule has 1 unspecified atom stereocenters. The normalized spacial score (nSPS) is 16.5. The Kier molecular flexibility index (Phi) is 19.8. The average Bonchev–Trinajstić information content (AvgIpc) is 2.71. The number of nitrogens with two attached hydrogens (primary N) is 1. The van der Waals surface area contributed by atoms with Crippen molar-refractivity contribution in [3.63, 3.8) is 0 Å². The van der Waals surface area contributed by atoms with Gasteiger partial charge in [0.2, 0.25) is 0 Å².